The molecule has 0 aliphatic heterocycles. The molecule has 0 saturated carbocycles. The van der Waals surface area contributed by atoms with E-state index in [0.29, 0.717) is 16.8 Å². The van der Waals surface area contributed by atoms with E-state index in [0.717, 1.165) is 0 Å². The topological polar surface area (TPSA) is 92.4 Å². The van der Waals surface area contributed by atoms with Crippen molar-refractivity contribution in [3.63, 3.8) is 0 Å². The van der Waals surface area contributed by atoms with Crippen molar-refractivity contribution in [2.24, 2.45) is 5.92 Å². The molecule has 0 aliphatic carbocycles. The molecule has 1 unspecified atom stereocenters. The van der Waals surface area contributed by atoms with E-state index in [9.17, 15) is 13.5 Å². The summed E-state index contributed by atoms with van der Waals surface area (Å²) in [6.45, 7) is 7.05. The summed E-state index contributed by atoms with van der Waals surface area (Å²) in [6.07, 6.45) is -0.712. The zero-order chi connectivity index (χ0) is 14.8. The van der Waals surface area contributed by atoms with E-state index < -0.39 is 16.1 Å². The van der Waals surface area contributed by atoms with Gasteiger partial charge < -0.3 is 10.8 Å². The Morgan fingerprint density at radius 1 is 1.32 bits per heavy atom. The Bertz CT molecular complexity index is 553. The second kappa shape index (κ2) is 5.90. The van der Waals surface area contributed by atoms with E-state index in [1.54, 1.807) is 26.0 Å². The quantitative estimate of drug-likeness (QED) is 0.709. The normalized spacial score (nSPS) is 13.8. The third-order valence-electron chi connectivity index (χ3n) is 3.17. The fraction of sp³-hybridized carbons (Fsp3) is 0.538. The van der Waals surface area contributed by atoms with Crippen LogP contribution in [0.2, 0.25) is 0 Å². The van der Waals surface area contributed by atoms with Crippen LogP contribution in [0.4, 0.5) is 5.69 Å². The van der Waals surface area contributed by atoms with E-state index in [1.165, 1.54) is 0 Å². The minimum Gasteiger partial charge on any atom is -0.398 e. The molecular formula is C13H22N2O3S. The number of sulfonamides is 1. The Morgan fingerprint density at radius 2 is 1.89 bits per heavy atom. The SMILES string of the molecule is Cc1ccc(N)c(C)c1S(=O)(=O)NCC(O)C(C)C. The molecule has 19 heavy (non-hydrogen) atoms. The molecule has 0 saturated heterocycles. The molecule has 0 bridgehead atoms. The van der Waals surface area contributed by atoms with Crippen molar-refractivity contribution in [3.05, 3.63) is 23.3 Å². The monoisotopic (exact) mass is 286 g/mol. The second-order valence-electron chi connectivity index (χ2n) is 5.09. The van der Waals surface area contributed by atoms with Gasteiger partial charge in [0.25, 0.3) is 0 Å². The number of anilines is 1. The first-order chi connectivity index (χ1) is 8.66. The Kier molecular flexibility index (Phi) is 4.95. The Morgan fingerprint density at radius 3 is 2.42 bits per heavy atom. The van der Waals surface area contributed by atoms with Gasteiger partial charge in [-0.3, -0.25) is 0 Å². The summed E-state index contributed by atoms with van der Waals surface area (Å²) < 4.78 is 27.0. The number of rotatable bonds is 5. The molecule has 0 amide bonds. The van der Waals surface area contributed by atoms with Gasteiger partial charge in [0.05, 0.1) is 11.0 Å². The zero-order valence-electron chi connectivity index (χ0n) is 11.8. The number of aliphatic hydroxyl groups excluding tert-OH is 1. The van der Waals surface area contributed by atoms with Gasteiger partial charge in [0.15, 0.2) is 0 Å². The van der Waals surface area contributed by atoms with Crippen molar-refractivity contribution < 1.29 is 13.5 Å². The molecule has 0 fully saturated rings. The summed E-state index contributed by atoms with van der Waals surface area (Å²) in [5.41, 5.74) is 7.36. The molecule has 1 aromatic carbocycles. The molecule has 0 aliphatic rings. The first-order valence-corrected chi connectivity index (χ1v) is 7.68. The summed E-state index contributed by atoms with van der Waals surface area (Å²) in [5.74, 6) is -0.00858. The molecular weight excluding hydrogens is 264 g/mol. The lowest BCUT2D eigenvalue weighted by Crippen LogP contribution is -2.35. The average Bonchev–Trinajstić information content (AvgIpc) is 2.31. The maximum Gasteiger partial charge on any atom is 0.241 e. The van der Waals surface area contributed by atoms with Crippen LogP contribution >= 0.6 is 0 Å². The predicted molar refractivity (Wildman–Crippen MR) is 76.4 cm³/mol. The van der Waals surface area contributed by atoms with Crippen LogP contribution in [-0.2, 0) is 10.0 Å². The number of benzene rings is 1. The number of aryl methyl sites for hydroxylation is 1. The average molecular weight is 286 g/mol. The molecule has 0 radical (unpaired) electrons. The third kappa shape index (κ3) is 3.68. The highest BCUT2D eigenvalue weighted by atomic mass is 32.2. The maximum absolute atomic E-state index is 12.3. The van der Waals surface area contributed by atoms with E-state index in [4.69, 9.17) is 5.73 Å². The van der Waals surface area contributed by atoms with Gasteiger partial charge in [0.2, 0.25) is 10.0 Å². The summed E-state index contributed by atoms with van der Waals surface area (Å²) in [7, 11) is -3.66. The van der Waals surface area contributed by atoms with Crippen molar-refractivity contribution in [1.82, 2.24) is 4.72 Å². The van der Waals surface area contributed by atoms with Crippen molar-refractivity contribution in [2.75, 3.05) is 12.3 Å². The van der Waals surface area contributed by atoms with E-state index >= 15 is 0 Å². The summed E-state index contributed by atoms with van der Waals surface area (Å²) in [4.78, 5) is 0.198. The minimum absolute atomic E-state index is 0.00627. The predicted octanol–water partition coefficient (Wildman–Crippen LogP) is 1.18. The second-order valence-corrected chi connectivity index (χ2v) is 6.79. The largest absolute Gasteiger partial charge is 0.398 e. The number of aliphatic hydroxyl groups is 1. The van der Waals surface area contributed by atoms with Crippen LogP contribution in [0.15, 0.2) is 17.0 Å². The number of hydrogen-bond donors (Lipinski definition) is 3. The molecule has 1 atom stereocenters. The summed E-state index contributed by atoms with van der Waals surface area (Å²) >= 11 is 0. The maximum atomic E-state index is 12.3. The van der Waals surface area contributed by atoms with Crippen molar-refractivity contribution >= 4 is 15.7 Å². The van der Waals surface area contributed by atoms with Crippen LogP contribution in [0.1, 0.15) is 25.0 Å². The van der Waals surface area contributed by atoms with Crippen LogP contribution < -0.4 is 10.5 Å². The van der Waals surface area contributed by atoms with Crippen LogP contribution in [0, 0.1) is 19.8 Å². The van der Waals surface area contributed by atoms with Gasteiger partial charge in [-0.25, -0.2) is 13.1 Å². The molecule has 5 nitrogen and oxygen atoms in total. The lowest BCUT2D eigenvalue weighted by molar-refractivity contribution is 0.129. The van der Waals surface area contributed by atoms with E-state index in [-0.39, 0.29) is 17.4 Å². The third-order valence-corrected chi connectivity index (χ3v) is 4.88. The number of hydrogen-bond acceptors (Lipinski definition) is 4. The van der Waals surface area contributed by atoms with Crippen molar-refractivity contribution in [2.45, 2.75) is 38.7 Å². The Hall–Kier alpha value is -1.11. The summed E-state index contributed by atoms with van der Waals surface area (Å²) in [5, 5.41) is 9.68. The van der Waals surface area contributed by atoms with Crippen molar-refractivity contribution in [3.8, 4) is 0 Å². The fourth-order valence-corrected chi connectivity index (χ4v) is 3.31. The molecule has 108 valence electrons. The van der Waals surface area contributed by atoms with Crippen LogP contribution in [0.5, 0.6) is 0 Å². The number of nitrogens with two attached hydrogens (primary N) is 1. The first kappa shape index (κ1) is 15.9. The highest BCUT2D eigenvalue weighted by Crippen LogP contribution is 2.24. The van der Waals surface area contributed by atoms with Gasteiger partial charge >= 0.3 is 0 Å². The van der Waals surface area contributed by atoms with Gasteiger partial charge in [-0.05, 0) is 37.0 Å². The minimum atomic E-state index is -3.66. The van der Waals surface area contributed by atoms with Crippen molar-refractivity contribution in [1.29, 1.82) is 0 Å². The lowest BCUT2D eigenvalue weighted by Gasteiger charge is -2.17. The van der Waals surface area contributed by atoms with E-state index in [2.05, 4.69) is 4.72 Å². The van der Waals surface area contributed by atoms with Crippen LogP contribution in [0.3, 0.4) is 0 Å². The highest BCUT2D eigenvalue weighted by Gasteiger charge is 2.22. The molecule has 1 aromatic rings. The zero-order valence-corrected chi connectivity index (χ0v) is 12.6. The fourth-order valence-electron chi connectivity index (χ4n) is 1.76. The number of nitrogen functional groups attached to an aromatic ring is 1. The number of nitrogens with one attached hydrogen (secondary N) is 1. The standard InChI is InChI=1S/C13H22N2O3S/c1-8(2)12(16)7-15-19(17,18)13-9(3)5-6-11(14)10(13)4/h5-6,8,12,15-16H,7,14H2,1-4H3. The smallest absolute Gasteiger partial charge is 0.241 e. The van der Waals surface area contributed by atoms with E-state index in [1.807, 2.05) is 13.8 Å². The molecule has 0 spiro atoms. The van der Waals surface area contributed by atoms with Gasteiger partial charge in [0.1, 0.15) is 0 Å². The van der Waals surface area contributed by atoms with Crippen LogP contribution in [-0.4, -0.2) is 26.2 Å². The molecule has 0 aromatic heterocycles. The molecule has 1 rings (SSSR count). The highest BCUT2D eigenvalue weighted by molar-refractivity contribution is 7.89. The molecule has 0 heterocycles. The van der Waals surface area contributed by atoms with Gasteiger partial charge in [-0.15, -0.1) is 0 Å². The first-order valence-electron chi connectivity index (χ1n) is 6.20. The lowest BCUT2D eigenvalue weighted by atomic mass is 10.1. The van der Waals surface area contributed by atoms with Crippen LogP contribution in [0.25, 0.3) is 0 Å². The van der Waals surface area contributed by atoms with Gasteiger partial charge in [-0.2, -0.15) is 0 Å². The van der Waals surface area contributed by atoms with Gasteiger partial charge in [-0.1, -0.05) is 19.9 Å². The molecule has 6 heteroatoms. The Labute approximate surface area is 114 Å². The summed E-state index contributed by atoms with van der Waals surface area (Å²) in [6, 6.07) is 3.36. The Balaban J connectivity index is 3.05. The molecule has 4 N–H and O–H groups in total. The van der Waals surface area contributed by atoms with Gasteiger partial charge in [0, 0.05) is 12.2 Å².